The van der Waals surface area contributed by atoms with Crippen LogP contribution in [0.5, 0.6) is 5.75 Å². The molecule has 8 heteroatoms. The summed E-state index contributed by atoms with van der Waals surface area (Å²) in [6.45, 7) is 6.01. The van der Waals surface area contributed by atoms with Crippen molar-refractivity contribution in [2.24, 2.45) is 5.92 Å². The lowest BCUT2D eigenvalue weighted by Crippen LogP contribution is -2.38. The monoisotopic (exact) mass is 452 g/mol. The fourth-order valence-corrected chi connectivity index (χ4v) is 3.88. The van der Waals surface area contributed by atoms with E-state index < -0.39 is 16.8 Å². The van der Waals surface area contributed by atoms with Gasteiger partial charge >= 0.3 is 5.97 Å². The Bertz CT molecular complexity index is 1090. The van der Waals surface area contributed by atoms with E-state index in [-0.39, 0.29) is 37.1 Å². The third kappa shape index (κ3) is 5.58. The van der Waals surface area contributed by atoms with Gasteiger partial charge in [-0.25, -0.2) is 4.79 Å². The summed E-state index contributed by atoms with van der Waals surface area (Å²) >= 11 is 0. The van der Waals surface area contributed by atoms with E-state index in [1.807, 2.05) is 32.0 Å². The van der Waals surface area contributed by atoms with Crippen molar-refractivity contribution in [3.8, 4) is 5.75 Å². The van der Waals surface area contributed by atoms with Crippen molar-refractivity contribution >= 4 is 17.6 Å². The van der Waals surface area contributed by atoms with Crippen molar-refractivity contribution in [2.45, 2.75) is 39.7 Å². The molecular formula is C25H28N2O6. The molecule has 0 radical (unpaired) electrons. The highest BCUT2D eigenvalue weighted by molar-refractivity contribution is 5.95. The zero-order valence-corrected chi connectivity index (χ0v) is 19.2. The predicted molar refractivity (Wildman–Crippen MR) is 122 cm³/mol. The average molecular weight is 453 g/mol. The molecule has 0 saturated heterocycles. The lowest BCUT2D eigenvalue weighted by atomic mass is 9.83. The number of allylic oxidation sites excluding steroid dienone is 1. The normalized spacial score (nSPS) is 16.2. The van der Waals surface area contributed by atoms with E-state index >= 15 is 0 Å². The van der Waals surface area contributed by atoms with Crippen LogP contribution in [0.3, 0.4) is 0 Å². The van der Waals surface area contributed by atoms with Crippen LogP contribution in [-0.4, -0.2) is 35.4 Å². The maximum Gasteiger partial charge on any atom is 0.336 e. The summed E-state index contributed by atoms with van der Waals surface area (Å²) in [5.74, 6) is -0.325. The molecular weight excluding hydrogens is 424 g/mol. The first kappa shape index (κ1) is 24.0. The number of methoxy groups -OCH3 is 1. The molecule has 0 fully saturated rings. The van der Waals surface area contributed by atoms with E-state index in [9.17, 15) is 19.7 Å². The van der Waals surface area contributed by atoms with Crippen LogP contribution < -0.4 is 4.74 Å². The zero-order chi connectivity index (χ0) is 24.1. The van der Waals surface area contributed by atoms with Gasteiger partial charge in [0.15, 0.2) is 0 Å². The van der Waals surface area contributed by atoms with Crippen LogP contribution in [0, 0.1) is 16.0 Å². The molecule has 1 amide bonds. The third-order valence-corrected chi connectivity index (χ3v) is 5.55. The van der Waals surface area contributed by atoms with Gasteiger partial charge in [0.25, 0.3) is 5.69 Å². The third-order valence-electron chi connectivity index (χ3n) is 5.55. The molecule has 1 aliphatic heterocycles. The minimum Gasteiger partial charge on any atom is -0.497 e. The Morgan fingerprint density at radius 2 is 1.94 bits per heavy atom. The fraction of sp³-hybridized carbons (Fsp3) is 0.360. The fourth-order valence-electron chi connectivity index (χ4n) is 3.88. The highest BCUT2D eigenvalue weighted by Gasteiger charge is 2.37. The number of nitrogens with zero attached hydrogens (tertiary/aromatic N) is 2. The number of esters is 1. The van der Waals surface area contributed by atoms with Gasteiger partial charge in [-0.1, -0.05) is 38.1 Å². The standard InChI is InChI=1S/C25H28N2O6/c1-16(2)15-33-25(29)24-17(3)26(14-18-7-5-9-20(11-18)27(30)31)23(28)13-22(24)19-8-6-10-21(12-19)32-4/h5-12,16,22H,13-15H2,1-4H3. The molecule has 1 aliphatic rings. The zero-order valence-electron chi connectivity index (χ0n) is 19.2. The highest BCUT2D eigenvalue weighted by atomic mass is 16.6. The molecule has 3 rings (SSSR count). The highest BCUT2D eigenvalue weighted by Crippen LogP contribution is 2.38. The molecule has 1 unspecified atom stereocenters. The Kier molecular flexibility index (Phi) is 7.48. The molecule has 2 aromatic rings. The summed E-state index contributed by atoms with van der Waals surface area (Å²) in [5, 5.41) is 11.1. The van der Waals surface area contributed by atoms with Gasteiger partial charge in [0.05, 0.1) is 30.8 Å². The number of carbonyl (C=O) groups is 2. The maximum absolute atomic E-state index is 13.2. The van der Waals surface area contributed by atoms with Crippen LogP contribution in [-0.2, 0) is 20.9 Å². The molecule has 0 aromatic heterocycles. The number of amides is 1. The largest absolute Gasteiger partial charge is 0.497 e. The molecule has 0 N–H and O–H groups in total. The van der Waals surface area contributed by atoms with Crippen LogP contribution in [0.25, 0.3) is 0 Å². The molecule has 8 nitrogen and oxygen atoms in total. The second-order valence-corrected chi connectivity index (χ2v) is 8.43. The van der Waals surface area contributed by atoms with Crippen LogP contribution in [0.4, 0.5) is 5.69 Å². The number of nitro groups is 1. The molecule has 0 spiro atoms. The van der Waals surface area contributed by atoms with Gasteiger partial charge in [0.1, 0.15) is 5.75 Å². The Labute approximate surface area is 193 Å². The molecule has 2 aromatic carbocycles. The van der Waals surface area contributed by atoms with Gasteiger partial charge < -0.3 is 14.4 Å². The number of benzene rings is 2. The second-order valence-electron chi connectivity index (χ2n) is 8.43. The quantitative estimate of drug-likeness (QED) is 0.330. The Morgan fingerprint density at radius 1 is 1.21 bits per heavy atom. The van der Waals surface area contributed by atoms with Gasteiger partial charge in [0, 0.05) is 30.2 Å². The average Bonchev–Trinajstić information content (AvgIpc) is 2.80. The SMILES string of the molecule is COc1cccc(C2CC(=O)N(Cc3cccc([N+](=O)[O-])c3)C(C)=C2C(=O)OCC(C)C)c1. The van der Waals surface area contributed by atoms with Crippen molar-refractivity contribution in [1.82, 2.24) is 4.90 Å². The van der Waals surface area contributed by atoms with E-state index in [0.717, 1.165) is 5.56 Å². The first-order chi connectivity index (χ1) is 15.7. The molecule has 33 heavy (non-hydrogen) atoms. The summed E-state index contributed by atoms with van der Waals surface area (Å²) in [5.41, 5.74) is 2.23. The van der Waals surface area contributed by atoms with Crippen LogP contribution >= 0.6 is 0 Å². The van der Waals surface area contributed by atoms with Crippen molar-refractivity contribution in [3.63, 3.8) is 0 Å². The van der Waals surface area contributed by atoms with E-state index in [1.165, 1.54) is 17.0 Å². The summed E-state index contributed by atoms with van der Waals surface area (Å²) in [6, 6.07) is 13.4. The van der Waals surface area contributed by atoms with Crippen molar-refractivity contribution < 1.29 is 24.0 Å². The molecule has 0 bridgehead atoms. The Morgan fingerprint density at radius 3 is 2.61 bits per heavy atom. The minimum atomic E-state index is -0.478. The van der Waals surface area contributed by atoms with Crippen LogP contribution in [0.2, 0.25) is 0 Å². The number of non-ortho nitro benzene ring substituents is 1. The van der Waals surface area contributed by atoms with Crippen molar-refractivity contribution in [2.75, 3.05) is 13.7 Å². The van der Waals surface area contributed by atoms with Crippen molar-refractivity contribution in [1.29, 1.82) is 0 Å². The summed E-state index contributed by atoms with van der Waals surface area (Å²) < 4.78 is 10.9. The smallest absolute Gasteiger partial charge is 0.336 e. The van der Waals surface area contributed by atoms with E-state index in [2.05, 4.69) is 0 Å². The lowest BCUT2D eigenvalue weighted by molar-refractivity contribution is -0.384. The maximum atomic E-state index is 13.2. The molecule has 174 valence electrons. The minimum absolute atomic E-state index is 0.0515. The molecule has 0 saturated carbocycles. The molecule has 0 aliphatic carbocycles. The van der Waals surface area contributed by atoms with Crippen molar-refractivity contribution in [3.05, 3.63) is 81.0 Å². The number of hydrogen-bond acceptors (Lipinski definition) is 6. The Hall–Kier alpha value is -3.68. The number of nitro benzene ring substituents is 1. The summed E-state index contributed by atoms with van der Waals surface area (Å²) in [4.78, 5) is 38.5. The van der Waals surface area contributed by atoms with Gasteiger partial charge in [-0.3, -0.25) is 14.9 Å². The van der Waals surface area contributed by atoms with Crippen LogP contribution in [0.1, 0.15) is 44.2 Å². The predicted octanol–water partition coefficient (Wildman–Crippen LogP) is 4.59. The first-order valence-electron chi connectivity index (χ1n) is 10.8. The number of carbonyl (C=O) groups excluding carboxylic acids is 2. The van der Waals surface area contributed by atoms with E-state index in [0.29, 0.717) is 22.6 Å². The second kappa shape index (κ2) is 10.3. The molecule has 1 atom stereocenters. The summed E-state index contributed by atoms with van der Waals surface area (Å²) in [7, 11) is 1.56. The van der Waals surface area contributed by atoms with Gasteiger partial charge in [-0.05, 0) is 36.1 Å². The number of rotatable bonds is 8. The Balaban J connectivity index is 2.02. The lowest BCUT2D eigenvalue weighted by Gasteiger charge is -2.34. The van der Waals surface area contributed by atoms with E-state index in [4.69, 9.17) is 9.47 Å². The topological polar surface area (TPSA) is 99.0 Å². The first-order valence-corrected chi connectivity index (χ1v) is 10.8. The van der Waals surface area contributed by atoms with Crippen LogP contribution in [0.15, 0.2) is 59.8 Å². The van der Waals surface area contributed by atoms with Gasteiger partial charge in [-0.15, -0.1) is 0 Å². The van der Waals surface area contributed by atoms with Gasteiger partial charge in [-0.2, -0.15) is 0 Å². The van der Waals surface area contributed by atoms with Gasteiger partial charge in [0.2, 0.25) is 5.91 Å². The molecule has 1 heterocycles. The number of hydrogen-bond donors (Lipinski definition) is 0. The van der Waals surface area contributed by atoms with E-state index in [1.54, 1.807) is 32.2 Å². The number of ether oxygens (including phenoxy) is 2. The summed E-state index contributed by atoms with van der Waals surface area (Å²) in [6.07, 6.45) is 0.0749.